The van der Waals surface area contributed by atoms with Crippen LogP contribution in [0.4, 0.5) is 0 Å². The third-order valence-corrected chi connectivity index (χ3v) is 7.60. The molecule has 6 rings (SSSR count). The zero-order valence-electron chi connectivity index (χ0n) is 22.8. The van der Waals surface area contributed by atoms with Crippen LogP contribution in [0.15, 0.2) is 80.7 Å². The van der Waals surface area contributed by atoms with Crippen LogP contribution in [0.3, 0.4) is 0 Å². The van der Waals surface area contributed by atoms with Crippen molar-refractivity contribution in [1.29, 1.82) is 0 Å². The number of hydrogen-bond donors (Lipinski definition) is 3. The Morgan fingerprint density at radius 1 is 1.00 bits per heavy atom. The smallest absolute Gasteiger partial charge is 0.252 e. The summed E-state index contributed by atoms with van der Waals surface area (Å²) in [6.45, 7) is 1.54. The molecule has 0 aliphatic carbocycles. The molecule has 1 saturated heterocycles. The number of ether oxygens (including phenoxy) is 2. The van der Waals surface area contributed by atoms with Crippen molar-refractivity contribution in [3.8, 4) is 28.6 Å². The van der Waals surface area contributed by atoms with E-state index in [9.17, 15) is 24.6 Å². The average molecular weight is 569 g/mol. The largest absolute Gasteiger partial charge is 0.507 e. The lowest BCUT2D eigenvalue weighted by Gasteiger charge is -2.29. The average Bonchev–Trinajstić information content (AvgIpc) is 3.00. The predicted molar refractivity (Wildman–Crippen MR) is 156 cm³/mol. The van der Waals surface area contributed by atoms with Gasteiger partial charge in [0.15, 0.2) is 5.43 Å². The molecule has 1 aliphatic heterocycles. The van der Waals surface area contributed by atoms with Gasteiger partial charge in [0.2, 0.25) is 5.91 Å². The number of aromatic hydroxyl groups is 2. The summed E-state index contributed by atoms with van der Waals surface area (Å²) in [5, 5.41) is 22.5. The molecule has 42 heavy (non-hydrogen) atoms. The number of nitrogens with zero attached hydrogens (tertiary/aromatic N) is 1. The highest BCUT2D eigenvalue weighted by Gasteiger charge is 2.31. The molecule has 0 bridgehead atoms. The van der Waals surface area contributed by atoms with Crippen molar-refractivity contribution in [3.63, 3.8) is 0 Å². The number of hydrogen-bond acceptors (Lipinski definition) is 8. The van der Waals surface area contributed by atoms with Gasteiger partial charge in [0.05, 0.1) is 25.8 Å². The highest BCUT2D eigenvalue weighted by atomic mass is 16.5. The third kappa shape index (κ3) is 4.97. The number of phenolic OH excluding ortho intramolecular Hbond substituents is 2. The van der Waals surface area contributed by atoms with Crippen LogP contribution in [-0.4, -0.2) is 59.4 Å². The number of H-pyrrole nitrogens is 1. The summed E-state index contributed by atoms with van der Waals surface area (Å²) in [5.74, 6) is -1.42. The summed E-state index contributed by atoms with van der Waals surface area (Å²) in [5.41, 5.74) is 0.238. The number of carbonyl (C=O) groups excluding carboxylic acids is 1. The van der Waals surface area contributed by atoms with Crippen LogP contribution in [0, 0.1) is 0 Å². The summed E-state index contributed by atoms with van der Waals surface area (Å²) in [6.07, 6.45) is -0.211. The van der Waals surface area contributed by atoms with E-state index in [2.05, 4.69) is 4.98 Å². The van der Waals surface area contributed by atoms with Crippen LogP contribution in [-0.2, 0) is 9.53 Å². The maximum atomic E-state index is 13.6. The van der Waals surface area contributed by atoms with Crippen LogP contribution in [0.1, 0.15) is 23.5 Å². The molecule has 0 radical (unpaired) electrons. The van der Waals surface area contributed by atoms with Gasteiger partial charge in [-0.1, -0.05) is 30.3 Å². The first-order valence-corrected chi connectivity index (χ1v) is 13.5. The molecular formula is C32H28N2O8. The Morgan fingerprint density at radius 2 is 1.76 bits per heavy atom. The number of amides is 1. The van der Waals surface area contributed by atoms with E-state index in [0.717, 1.165) is 6.07 Å². The number of carbonyl (C=O) groups is 1. The second kappa shape index (κ2) is 11.1. The summed E-state index contributed by atoms with van der Waals surface area (Å²) in [4.78, 5) is 45.0. The van der Waals surface area contributed by atoms with Gasteiger partial charge in [0.1, 0.15) is 34.0 Å². The first-order valence-electron chi connectivity index (χ1n) is 13.5. The topological polar surface area (TPSA) is 142 Å². The number of benzene rings is 3. The van der Waals surface area contributed by atoms with Gasteiger partial charge in [0.25, 0.3) is 5.56 Å². The minimum atomic E-state index is -1.03. The van der Waals surface area contributed by atoms with Crippen LogP contribution >= 0.6 is 0 Å². The Hall–Kier alpha value is -5.09. The fraction of sp³-hybridized carbons (Fsp3) is 0.219. The Labute approximate surface area is 239 Å². The van der Waals surface area contributed by atoms with E-state index in [4.69, 9.17) is 13.9 Å². The molecule has 0 spiro atoms. The highest BCUT2D eigenvalue weighted by molar-refractivity contribution is 5.91. The minimum Gasteiger partial charge on any atom is -0.507 e. The lowest BCUT2D eigenvalue weighted by molar-refractivity contribution is -0.135. The first-order chi connectivity index (χ1) is 20.3. The number of nitrogens with one attached hydrogen (secondary N) is 1. The van der Waals surface area contributed by atoms with Crippen molar-refractivity contribution in [1.82, 2.24) is 9.88 Å². The van der Waals surface area contributed by atoms with Crippen molar-refractivity contribution in [2.45, 2.75) is 12.3 Å². The van der Waals surface area contributed by atoms with E-state index in [1.54, 1.807) is 53.4 Å². The number of methoxy groups -OCH3 is 1. The third-order valence-electron chi connectivity index (χ3n) is 7.60. The summed E-state index contributed by atoms with van der Waals surface area (Å²) < 4.78 is 16.9. The predicted octanol–water partition coefficient (Wildman–Crippen LogP) is 4.10. The van der Waals surface area contributed by atoms with Crippen molar-refractivity contribution in [2.75, 3.05) is 33.4 Å². The van der Waals surface area contributed by atoms with Crippen LogP contribution < -0.4 is 15.7 Å². The molecule has 1 atom stereocenters. The lowest BCUT2D eigenvalue weighted by Crippen LogP contribution is -2.41. The van der Waals surface area contributed by atoms with Crippen molar-refractivity contribution >= 4 is 27.8 Å². The fourth-order valence-corrected chi connectivity index (χ4v) is 5.47. The standard InChI is InChI=1S/C32H28N2O8/c1-40-20-8-7-19-13-22(32(39)33-23(19)14-20)21(15-28(38)34-9-11-41-12-10-34)29-24(35)16-25(36)30-26(37)17-27(42-31(29)30)18-5-3-2-4-6-18/h2-8,13-14,16-17,21,35-36H,9-12,15H2,1H3,(H,33,39)/t21-/m0/s1. The zero-order valence-corrected chi connectivity index (χ0v) is 22.8. The molecule has 3 heterocycles. The SMILES string of the molecule is COc1ccc2cc([C@H](CC(=O)N3CCOCC3)c3c(O)cc(O)c4c(=O)cc(-c5ccccc5)oc34)c(=O)[nH]c2c1. The molecule has 214 valence electrons. The van der Waals surface area contributed by atoms with E-state index in [1.165, 1.54) is 13.2 Å². The summed E-state index contributed by atoms with van der Waals surface area (Å²) in [7, 11) is 1.52. The number of phenols is 2. The van der Waals surface area contributed by atoms with Gasteiger partial charge in [-0.15, -0.1) is 0 Å². The fourth-order valence-electron chi connectivity index (χ4n) is 5.47. The van der Waals surface area contributed by atoms with Crippen LogP contribution in [0.25, 0.3) is 33.2 Å². The first kappa shape index (κ1) is 27.1. The number of rotatable bonds is 6. The monoisotopic (exact) mass is 568 g/mol. The molecule has 3 aromatic carbocycles. The Bertz CT molecular complexity index is 1920. The maximum Gasteiger partial charge on any atom is 0.252 e. The van der Waals surface area contributed by atoms with Crippen LogP contribution in [0.2, 0.25) is 0 Å². The molecule has 0 saturated carbocycles. The van der Waals surface area contributed by atoms with Crippen molar-refractivity contribution in [3.05, 3.63) is 98.4 Å². The molecule has 10 heteroatoms. The molecule has 10 nitrogen and oxygen atoms in total. The number of aromatic nitrogens is 1. The molecular weight excluding hydrogens is 540 g/mol. The summed E-state index contributed by atoms with van der Waals surface area (Å²) >= 11 is 0. The van der Waals surface area contributed by atoms with Gasteiger partial charge in [-0.05, 0) is 23.6 Å². The molecule has 2 aromatic heterocycles. The van der Waals surface area contributed by atoms with E-state index < -0.39 is 28.4 Å². The second-order valence-corrected chi connectivity index (χ2v) is 10.1. The van der Waals surface area contributed by atoms with Gasteiger partial charge in [0, 0.05) is 60.3 Å². The Morgan fingerprint density at radius 3 is 2.50 bits per heavy atom. The van der Waals surface area contributed by atoms with E-state index in [1.807, 2.05) is 6.07 Å². The molecule has 0 unspecified atom stereocenters. The van der Waals surface area contributed by atoms with Gasteiger partial charge >= 0.3 is 0 Å². The zero-order chi connectivity index (χ0) is 29.4. The van der Waals surface area contributed by atoms with E-state index in [0.29, 0.717) is 48.5 Å². The quantitative estimate of drug-likeness (QED) is 0.278. The van der Waals surface area contributed by atoms with E-state index >= 15 is 0 Å². The van der Waals surface area contributed by atoms with E-state index in [-0.39, 0.29) is 40.2 Å². The Kier molecular flexibility index (Phi) is 7.13. The van der Waals surface area contributed by atoms with Crippen molar-refractivity contribution in [2.24, 2.45) is 0 Å². The van der Waals surface area contributed by atoms with Crippen LogP contribution in [0.5, 0.6) is 17.2 Å². The number of morpholine rings is 1. The summed E-state index contributed by atoms with van der Waals surface area (Å²) in [6, 6.07) is 18.1. The number of aromatic amines is 1. The number of fused-ring (bicyclic) bond motifs is 2. The minimum absolute atomic E-state index is 0.0534. The molecule has 3 N–H and O–H groups in total. The number of pyridine rings is 1. The normalized spacial score (nSPS) is 14.3. The maximum absolute atomic E-state index is 13.6. The molecule has 1 aliphatic rings. The molecule has 1 fully saturated rings. The second-order valence-electron chi connectivity index (χ2n) is 10.1. The lowest BCUT2D eigenvalue weighted by atomic mass is 9.86. The van der Waals surface area contributed by atoms with Gasteiger partial charge in [-0.3, -0.25) is 14.4 Å². The van der Waals surface area contributed by atoms with Crippen molar-refractivity contribution < 1.29 is 28.9 Å². The van der Waals surface area contributed by atoms with Gasteiger partial charge < -0.3 is 34.0 Å². The molecule has 5 aromatic rings. The van der Waals surface area contributed by atoms with Gasteiger partial charge in [-0.2, -0.15) is 0 Å². The molecule has 1 amide bonds. The highest BCUT2D eigenvalue weighted by Crippen LogP contribution is 2.42. The van der Waals surface area contributed by atoms with Gasteiger partial charge in [-0.25, -0.2) is 0 Å². The Balaban J connectivity index is 1.60.